The monoisotopic (exact) mass is 234 g/mol. The number of hydrogen-bond acceptors (Lipinski definition) is 2. The summed E-state index contributed by atoms with van der Waals surface area (Å²) in [5.74, 6) is 0.0722. The summed E-state index contributed by atoms with van der Waals surface area (Å²) in [6, 6.07) is 6.39. The van der Waals surface area contributed by atoms with Crippen molar-refractivity contribution in [3.63, 3.8) is 0 Å². The summed E-state index contributed by atoms with van der Waals surface area (Å²) in [6.07, 6.45) is 1.31. The second-order valence-corrected chi connectivity index (χ2v) is 4.63. The topological polar surface area (TPSA) is 55.1 Å². The van der Waals surface area contributed by atoms with E-state index in [-0.39, 0.29) is 11.9 Å². The third kappa shape index (κ3) is 4.57. The maximum Gasteiger partial charge on any atom is 0.220 e. The highest BCUT2D eigenvalue weighted by Gasteiger charge is 2.06. The van der Waals surface area contributed by atoms with E-state index in [2.05, 4.69) is 37.4 Å². The van der Waals surface area contributed by atoms with Crippen LogP contribution in [0.15, 0.2) is 18.2 Å². The molecular weight excluding hydrogens is 212 g/mol. The summed E-state index contributed by atoms with van der Waals surface area (Å²) >= 11 is 0. The Morgan fingerprint density at radius 2 is 2.12 bits per heavy atom. The number of rotatable bonds is 5. The number of amides is 1. The molecule has 0 unspecified atom stereocenters. The van der Waals surface area contributed by atoms with E-state index in [1.54, 1.807) is 0 Å². The number of nitrogens with two attached hydrogens (primary N) is 1. The molecule has 3 heteroatoms. The first-order valence-electron chi connectivity index (χ1n) is 6.08. The van der Waals surface area contributed by atoms with Crippen LogP contribution in [0.4, 0.5) is 0 Å². The van der Waals surface area contributed by atoms with Crippen LogP contribution in [-0.4, -0.2) is 18.5 Å². The van der Waals surface area contributed by atoms with Crippen molar-refractivity contribution >= 4 is 5.91 Å². The van der Waals surface area contributed by atoms with Crippen molar-refractivity contribution in [2.45, 2.75) is 39.7 Å². The van der Waals surface area contributed by atoms with Crippen molar-refractivity contribution in [3.8, 4) is 0 Å². The molecule has 0 bridgehead atoms. The van der Waals surface area contributed by atoms with E-state index in [4.69, 9.17) is 5.73 Å². The molecule has 0 aliphatic heterocycles. The van der Waals surface area contributed by atoms with Gasteiger partial charge in [0.15, 0.2) is 0 Å². The van der Waals surface area contributed by atoms with Crippen LogP contribution in [-0.2, 0) is 11.2 Å². The maximum atomic E-state index is 11.6. The van der Waals surface area contributed by atoms with E-state index < -0.39 is 0 Å². The van der Waals surface area contributed by atoms with E-state index >= 15 is 0 Å². The molecule has 94 valence electrons. The highest BCUT2D eigenvalue weighted by Crippen LogP contribution is 2.12. The molecule has 3 N–H and O–H groups in total. The van der Waals surface area contributed by atoms with E-state index in [0.717, 1.165) is 6.42 Å². The Balaban J connectivity index is 2.47. The van der Waals surface area contributed by atoms with Crippen LogP contribution in [0.2, 0.25) is 0 Å². The van der Waals surface area contributed by atoms with Gasteiger partial charge in [0.25, 0.3) is 0 Å². The van der Waals surface area contributed by atoms with Crippen molar-refractivity contribution in [2.24, 2.45) is 5.73 Å². The van der Waals surface area contributed by atoms with Gasteiger partial charge >= 0.3 is 0 Å². The Morgan fingerprint density at radius 1 is 1.41 bits per heavy atom. The zero-order chi connectivity index (χ0) is 12.8. The standard InChI is InChI=1S/C14H22N2O/c1-10-4-5-13(11(2)8-10)6-7-14(17)16-12(3)9-15/h4-5,8,12H,6-7,9,15H2,1-3H3,(H,16,17)/t12-/m0/s1. The molecule has 0 aliphatic rings. The van der Waals surface area contributed by atoms with Crippen molar-refractivity contribution in [2.75, 3.05) is 6.54 Å². The van der Waals surface area contributed by atoms with Gasteiger partial charge in [-0.05, 0) is 38.3 Å². The molecule has 1 atom stereocenters. The van der Waals surface area contributed by atoms with Gasteiger partial charge in [-0.3, -0.25) is 4.79 Å². The molecule has 1 rings (SSSR count). The second kappa shape index (κ2) is 6.40. The van der Waals surface area contributed by atoms with Gasteiger partial charge in [0.2, 0.25) is 5.91 Å². The largest absolute Gasteiger partial charge is 0.352 e. The SMILES string of the molecule is Cc1ccc(CCC(=O)N[C@@H](C)CN)c(C)c1. The number of nitrogens with one attached hydrogen (secondary N) is 1. The molecule has 0 aromatic heterocycles. The Labute approximate surface area is 103 Å². The van der Waals surface area contributed by atoms with Crippen molar-refractivity contribution in [3.05, 3.63) is 34.9 Å². The summed E-state index contributed by atoms with van der Waals surface area (Å²) in [5, 5.41) is 2.87. The van der Waals surface area contributed by atoms with Crippen molar-refractivity contribution in [1.82, 2.24) is 5.32 Å². The Kier molecular flexibility index (Phi) is 5.16. The lowest BCUT2D eigenvalue weighted by atomic mass is 10.0. The van der Waals surface area contributed by atoms with Gasteiger partial charge in [0.05, 0.1) is 0 Å². The molecule has 0 spiro atoms. The highest BCUT2D eigenvalue weighted by atomic mass is 16.1. The first-order chi connectivity index (χ1) is 8.02. The van der Waals surface area contributed by atoms with Crippen LogP contribution in [0.25, 0.3) is 0 Å². The molecule has 0 heterocycles. The fourth-order valence-electron chi connectivity index (χ4n) is 1.78. The zero-order valence-electron chi connectivity index (χ0n) is 10.9. The van der Waals surface area contributed by atoms with Gasteiger partial charge < -0.3 is 11.1 Å². The van der Waals surface area contributed by atoms with E-state index in [9.17, 15) is 4.79 Å². The smallest absolute Gasteiger partial charge is 0.220 e. The number of carbonyl (C=O) groups excluding carboxylic acids is 1. The highest BCUT2D eigenvalue weighted by molar-refractivity contribution is 5.76. The van der Waals surface area contributed by atoms with Gasteiger partial charge in [0, 0.05) is 19.0 Å². The Hall–Kier alpha value is -1.35. The molecule has 1 amide bonds. The average Bonchev–Trinajstić information content (AvgIpc) is 2.27. The fourth-order valence-corrected chi connectivity index (χ4v) is 1.78. The molecule has 0 saturated carbocycles. The summed E-state index contributed by atoms with van der Waals surface area (Å²) < 4.78 is 0. The van der Waals surface area contributed by atoms with Crippen LogP contribution in [0.3, 0.4) is 0 Å². The molecule has 17 heavy (non-hydrogen) atoms. The molecule has 0 saturated heterocycles. The lowest BCUT2D eigenvalue weighted by Crippen LogP contribution is -2.37. The zero-order valence-corrected chi connectivity index (χ0v) is 10.9. The molecule has 1 aromatic carbocycles. The van der Waals surface area contributed by atoms with Gasteiger partial charge in [0.1, 0.15) is 0 Å². The lowest BCUT2D eigenvalue weighted by Gasteiger charge is -2.12. The first-order valence-corrected chi connectivity index (χ1v) is 6.08. The van der Waals surface area contributed by atoms with Crippen LogP contribution >= 0.6 is 0 Å². The van der Waals surface area contributed by atoms with Gasteiger partial charge in [-0.25, -0.2) is 0 Å². The summed E-state index contributed by atoms with van der Waals surface area (Å²) in [5.41, 5.74) is 9.21. The minimum absolute atomic E-state index is 0.0571. The predicted octanol–water partition coefficient (Wildman–Crippen LogP) is 1.70. The number of hydrogen-bond donors (Lipinski definition) is 2. The van der Waals surface area contributed by atoms with Crippen LogP contribution in [0.1, 0.15) is 30.0 Å². The molecule has 0 fully saturated rings. The van der Waals surface area contributed by atoms with Crippen LogP contribution in [0, 0.1) is 13.8 Å². The first kappa shape index (κ1) is 13.7. The van der Waals surface area contributed by atoms with Crippen LogP contribution < -0.4 is 11.1 Å². The summed E-state index contributed by atoms with van der Waals surface area (Å²) in [7, 11) is 0. The molecule has 1 aromatic rings. The lowest BCUT2D eigenvalue weighted by molar-refractivity contribution is -0.121. The third-order valence-corrected chi connectivity index (χ3v) is 2.88. The average molecular weight is 234 g/mol. The molecular formula is C14H22N2O. The van der Waals surface area contributed by atoms with Gasteiger partial charge in [-0.1, -0.05) is 23.8 Å². The minimum atomic E-state index is 0.0571. The Bertz CT molecular complexity index is 388. The number of aryl methyl sites for hydroxylation is 3. The van der Waals surface area contributed by atoms with Crippen LogP contribution in [0.5, 0.6) is 0 Å². The molecule has 0 aliphatic carbocycles. The van der Waals surface area contributed by atoms with E-state index in [0.29, 0.717) is 13.0 Å². The summed E-state index contributed by atoms with van der Waals surface area (Å²) in [6.45, 7) is 6.56. The maximum absolute atomic E-state index is 11.6. The van der Waals surface area contributed by atoms with E-state index in [1.165, 1.54) is 16.7 Å². The second-order valence-electron chi connectivity index (χ2n) is 4.63. The molecule has 3 nitrogen and oxygen atoms in total. The predicted molar refractivity (Wildman–Crippen MR) is 70.9 cm³/mol. The van der Waals surface area contributed by atoms with Crippen molar-refractivity contribution in [1.29, 1.82) is 0 Å². The fraction of sp³-hybridized carbons (Fsp3) is 0.500. The Morgan fingerprint density at radius 3 is 2.71 bits per heavy atom. The van der Waals surface area contributed by atoms with Crippen molar-refractivity contribution < 1.29 is 4.79 Å². The number of benzene rings is 1. The normalized spacial score (nSPS) is 12.2. The van der Waals surface area contributed by atoms with Gasteiger partial charge in [-0.2, -0.15) is 0 Å². The number of carbonyl (C=O) groups is 1. The summed E-state index contributed by atoms with van der Waals surface area (Å²) in [4.78, 5) is 11.6. The third-order valence-electron chi connectivity index (χ3n) is 2.88. The minimum Gasteiger partial charge on any atom is -0.352 e. The van der Waals surface area contributed by atoms with E-state index in [1.807, 2.05) is 6.92 Å². The van der Waals surface area contributed by atoms with Gasteiger partial charge in [-0.15, -0.1) is 0 Å². The quantitative estimate of drug-likeness (QED) is 0.814. The molecule has 0 radical (unpaired) electrons.